The van der Waals surface area contributed by atoms with Gasteiger partial charge >= 0.3 is 5.97 Å². The van der Waals surface area contributed by atoms with Crippen LogP contribution in [0.15, 0.2) is 6.07 Å². The Labute approximate surface area is 169 Å². The monoisotopic (exact) mass is 404 g/mol. The second-order valence-corrected chi connectivity index (χ2v) is 7.35. The summed E-state index contributed by atoms with van der Waals surface area (Å²) in [5.74, 6) is 1.06. The molecule has 0 unspecified atom stereocenters. The van der Waals surface area contributed by atoms with Crippen LogP contribution in [0.3, 0.4) is 0 Å². The molecule has 4 rings (SSSR count). The van der Waals surface area contributed by atoms with E-state index in [2.05, 4.69) is 25.3 Å². The smallest absolute Gasteiger partial charge is 0.378 e. The highest BCUT2D eigenvalue weighted by Crippen LogP contribution is 2.23. The molecule has 2 aromatic heterocycles. The highest BCUT2D eigenvalue weighted by Gasteiger charge is 2.31. The first-order valence-electron chi connectivity index (χ1n) is 10.2. The number of nitrogens with zero attached hydrogens (tertiary/aromatic N) is 5. The first-order valence-corrected chi connectivity index (χ1v) is 10.2. The molecule has 0 radical (unpaired) electrons. The number of morpholine rings is 1. The number of carbonyl (C=O) groups is 1. The number of methoxy groups -OCH3 is 1. The minimum atomic E-state index is -0.575. The molecule has 0 bridgehead atoms. The molecule has 2 fully saturated rings. The summed E-state index contributed by atoms with van der Waals surface area (Å²) in [5, 5.41) is 7.83. The Morgan fingerprint density at radius 3 is 2.83 bits per heavy atom. The Morgan fingerprint density at radius 1 is 1.31 bits per heavy atom. The van der Waals surface area contributed by atoms with E-state index in [9.17, 15) is 4.79 Å². The van der Waals surface area contributed by atoms with Crippen molar-refractivity contribution >= 4 is 17.6 Å². The molecule has 0 saturated carbocycles. The summed E-state index contributed by atoms with van der Waals surface area (Å²) in [6.45, 7) is 7.73. The van der Waals surface area contributed by atoms with Crippen LogP contribution in [0, 0.1) is 5.92 Å². The first-order chi connectivity index (χ1) is 14.2. The molecule has 1 N–H and O–H groups in total. The van der Waals surface area contributed by atoms with Gasteiger partial charge in [0.05, 0.1) is 26.9 Å². The van der Waals surface area contributed by atoms with Crippen molar-refractivity contribution in [3.63, 3.8) is 0 Å². The fourth-order valence-corrected chi connectivity index (χ4v) is 3.97. The maximum absolute atomic E-state index is 11.9. The van der Waals surface area contributed by atoms with Gasteiger partial charge in [0, 0.05) is 50.0 Å². The standard InChI is InChI=1S/C19H28N6O4/c1-3-14-10-16(25-19(21-14)22-17(23-25)18(26)27-2)20-11-15(13-4-7-29-12-13)24-5-8-28-9-6-24/h10,13,15,20H,3-9,11-12H2,1-2H3/t13-,15-/m0/s1. The van der Waals surface area contributed by atoms with Gasteiger partial charge in [-0.2, -0.15) is 9.50 Å². The van der Waals surface area contributed by atoms with Crippen LogP contribution < -0.4 is 5.32 Å². The topological polar surface area (TPSA) is 103 Å². The van der Waals surface area contributed by atoms with Crippen molar-refractivity contribution in [3.05, 3.63) is 17.6 Å². The first kappa shape index (κ1) is 20.0. The van der Waals surface area contributed by atoms with Crippen LogP contribution in [0.4, 0.5) is 5.82 Å². The fraction of sp³-hybridized carbons (Fsp3) is 0.684. The molecule has 2 saturated heterocycles. The van der Waals surface area contributed by atoms with Crippen LogP contribution in [0.5, 0.6) is 0 Å². The van der Waals surface area contributed by atoms with Crippen LogP contribution in [0.1, 0.15) is 29.7 Å². The predicted molar refractivity (Wildman–Crippen MR) is 105 cm³/mol. The number of rotatable bonds is 7. The maximum Gasteiger partial charge on any atom is 0.378 e. The molecular weight excluding hydrogens is 376 g/mol. The van der Waals surface area contributed by atoms with Gasteiger partial charge in [0.1, 0.15) is 5.82 Å². The van der Waals surface area contributed by atoms with Gasteiger partial charge in [0.2, 0.25) is 0 Å². The molecule has 158 valence electrons. The quantitative estimate of drug-likeness (QED) is 0.665. The molecular formula is C19H28N6O4. The van der Waals surface area contributed by atoms with Crippen molar-refractivity contribution in [2.24, 2.45) is 5.92 Å². The lowest BCUT2D eigenvalue weighted by atomic mass is 9.97. The molecule has 2 aliphatic heterocycles. The third-order valence-corrected chi connectivity index (χ3v) is 5.61. The van der Waals surface area contributed by atoms with Crippen LogP contribution in [-0.2, 0) is 20.6 Å². The van der Waals surface area contributed by atoms with Gasteiger partial charge in [-0.25, -0.2) is 9.78 Å². The number of fused-ring (bicyclic) bond motifs is 1. The second kappa shape index (κ2) is 9.02. The fourth-order valence-electron chi connectivity index (χ4n) is 3.97. The van der Waals surface area contributed by atoms with Gasteiger partial charge in [0.15, 0.2) is 0 Å². The van der Waals surface area contributed by atoms with E-state index in [1.165, 1.54) is 7.11 Å². The molecule has 0 spiro atoms. The minimum absolute atomic E-state index is 0.00484. The zero-order chi connectivity index (χ0) is 20.2. The zero-order valence-corrected chi connectivity index (χ0v) is 17.0. The summed E-state index contributed by atoms with van der Waals surface area (Å²) in [6.07, 6.45) is 1.82. The number of esters is 1. The van der Waals surface area contributed by atoms with Crippen molar-refractivity contribution < 1.29 is 19.0 Å². The van der Waals surface area contributed by atoms with Gasteiger partial charge in [-0.1, -0.05) is 6.92 Å². The molecule has 10 nitrogen and oxygen atoms in total. The summed E-state index contributed by atoms with van der Waals surface area (Å²) in [5.41, 5.74) is 0.885. The van der Waals surface area contributed by atoms with Crippen LogP contribution in [0.2, 0.25) is 0 Å². The normalized spacial score (nSPS) is 21.4. The molecule has 0 aliphatic carbocycles. The van der Waals surface area contributed by atoms with E-state index < -0.39 is 5.97 Å². The Bertz CT molecular complexity index is 845. The number of aryl methyl sites for hydroxylation is 1. The average Bonchev–Trinajstić information content (AvgIpc) is 3.44. The number of hydrogen-bond donors (Lipinski definition) is 1. The molecule has 2 aliphatic rings. The summed E-state index contributed by atoms with van der Waals surface area (Å²) in [4.78, 5) is 23.0. The van der Waals surface area contributed by atoms with Gasteiger partial charge < -0.3 is 19.5 Å². The van der Waals surface area contributed by atoms with Crippen LogP contribution >= 0.6 is 0 Å². The second-order valence-electron chi connectivity index (χ2n) is 7.35. The summed E-state index contributed by atoms with van der Waals surface area (Å²) in [7, 11) is 1.31. The highest BCUT2D eigenvalue weighted by molar-refractivity contribution is 5.85. The zero-order valence-electron chi connectivity index (χ0n) is 17.0. The van der Waals surface area contributed by atoms with Crippen LogP contribution in [-0.4, -0.2) is 89.7 Å². The van der Waals surface area contributed by atoms with E-state index in [-0.39, 0.29) is 5.82 Å². The number of ether oxygens (including phenoxy) is 3. The summed E-state index contributed by atoms with van der Waals surface area (Å²) in [6, 6.07) is 2.29. The van der Waals surface area contributed by atoms with Crippen molar-refractivity contribution in [2.45, 2.75) is 25.8 Å². The molecule has 2 aromatic rings. The third kappa shape index (κ3) is 4.34. The van der Waals surface area contributed by atoms with Crippen molar-refractivity contribution in [3.8, 4) is 0 Å². The van der Waals surface area contributed by atoms with Gasteiger partial charge in [-0.05, 0) is 12.8 Å². The largest absolute Gasteiger partial charge is 0.463 e. The molecule has 10 heteroatoms. The highest BCUT2D eigenvalue weighted by atomic mass is 16.5. The van der Waals surface area contributed by atoms with Gasteiger partial charge in [-0.15, -0.1) is 5.10 Å². The lowest BCUT2D eigenvalue weighted by Crippen LogP contribution is -2.50. The van der Waals surface area contributed by atoms with Gasteiger partial charge in [0.25, 0.3) is 11.6 Å². The van der Waals surface area contributed by atoms with Crippen LogP contribution in [0.25, 0.3) is 5.78 Å². The Hall–Kier alpha value is -2.30. The van der Waals surface area contributed by atoms with E-state index >= 15 is 0 Å². The van der Waals surface area contributed by atoms with E-state index in [4.69, 9.17) is 14.2 Å². The van der Waals surface area contributed by atoms with E-state index in [1.807, 2.05) is 13.0 Å². The molecule has 0 aromatic carbocycles. The number of nitrogens with one attached hydrogen (secondary N) is 1. The summed E-state index contributed by atoms with van der Waals surface area (Å²) < 4.78 is 17.5. The van der Waals surface area contributed by atoms with E-state index in [1.54, 1.807) is 4.52 Å². The van der Waals surface area contributed by atoms with E-state index in [0.29, 0.717) is 17.7 Å². The number of aromatic nitrogens is 4. The lowest BCUT2D eigenvalue weighted by molar-refractivity contribution is 0.00459. The number of hydrogen-bond acceptors (Lipinski definition) is 9. The molecule has 2 atom stereocenters. The predicted octanol–water partition coefficient (Wildman–Crippen LogP) is 0.623. The Kier molecular flexibility index (Phi) is 6.22. The number of anilines is 1. The number of carbonyl (C=O) groups excluding carboxylic acids is 1. The third-order valence-electron chi connectivity index (χ3n) is 5.61. The SMILES string of the molecule is CCc1cc(NC[C@@H]([C@H]2CCOC2)N2CCOCC2)n2nc(C(=O)OC)nc2n1. The molecule has 29 heavy (non-hydrogen) atoms. The molecule has 4 heterocycles. The van der Waals surface area contributed by atoms with Gasteiger partial charge in [-0.3, -0.25) is 4.90 Å². The average molecular weight is 404 g/mol. The van der Waals surface area contributed by atoms with E-state index in [0.717, 1.165) is 70.4 Å². The lowest BCUT2D eigenvalue weighted by Gasteiger charge is -2.37. The molecule has 0 amide bonds. The van der Waals surface area contributed by atoms with Crippen molar-refractivity contribution in [2.75, 3.05) is 58.5 Å². The maximum atomic E-state index is 11.9. The Balaban J connectivity index is 1.59. The van der Waals surface area contributed by atoms with Crippen molar-refractivity contribution in [1.82, 2.24) is 24.5 Å². The summed E-state index contributed by atoms with van der Waals surface area (Å²) >= 11 is 0. The Morgan fingerprint density at radius 2 is 2.14 bits per heavy atom. The minimum Gasteiger partial charge on any atom is -0.463 e. The van der Waals surface area contributed by atoms with Crippen molar-refractivity contribution in [1.29, 1.82) is 0 Å².